The molecule has 1 saturated heterocycles. The quantitative estimate of drug-likeness (QED) is 0.0247. The van der Waals surface area contributed by atoms with Crippen LogP contribution in [0.1, 0.15) is 145 Å². The van der Waals surface area contributed by atoms with Crippen LogP contribution in [0.25, 0.3) is 0 Å². The predicted octanol–water partition coefficient (Wildman–Crippen LogP) is 11.3. The van der Waals surface area contributed by atoms with Crippen molar-refractivity contribution in [3.63, 3.8) is 0 Å². The Labute approximate surface area is 351 Å². The highest BCUT2D eigenvalue weighted by Gasteiger charge is 2.46. The zero-order valence-electron chi connectivity index (χ0n) is 37.0. The van der Waals surface area contributed by atoms with Crippen LogP contribution in [0.2, 0.25) is 0 Å². The Bertz CT molecular complexity index is 1510. The molecular formula is C50H76O8. The number of hydrogen-bond acceptors (Lipinski definition) is 8. The first-order valence-corrected chi connectivity index (χ1v) is 21.5. The molecule has 324 valence electrons. The van der Waals surface area contributed by atoms with Crippen LogP contribution in [0.4, 0.5) is 0 Å². The van der Waals surface area contributed by atoms with Crippen molar-refractivity contribution in [3.05, 3.63) is 119 Å². The van der Waals surface area contributed by atoms with E-state index in [-0.39, 0.29) is 18.6 Å². The molecule has 1 aliphatic heterocycles. The number of aliphatic hydroxyl groups is 3. The minimum Gasteiger partial charge on any atom is -0.463 e. The van der Waals surface area contributed by atoms with Crippen molar-refractivity contribution in [2.75, 3.05) is 6.61 Å². The third-order valence-electron chi connectivity index (χ3n) is 9.69. The van der Waals surface area contributed by atoms with Gasteiger partial charge < -0.3 is 29.5 Å². The van der Waals surface area contributed by atoms with E-state index in [1.54, 1.807) is 19.1 Å². The third-order valence-corrected chi connectivity index (χ3v) is 9.69. The lowest BCUT2D eigenvalue weighted by atomic mass is 9.99. The maximum Gasteiger partial charge on any atom is 0.336 e. The molecule has 1 aliphatic rings. The van der Waals surface area contributed by atoms with Gasteiger partial charge in [0, 0.05) is 12.0 Å². The lowest BCUT2D eigenvalue weighted by Gasteiger charge is -2.39. The van der Waals surface area contributed by atoms with Crippen molar-refractivity contribution in [1.82, 2.24) is 0 Å². The summed E-state index contributed by atoms with van der Waals surface area (Å²) in [6.45, 7) is 15.9. The summed E-state index contributed by atoms with van der Waals surface area (Å²) in [6.07, 6.45) is 35.5. The van der Waals surface area contributed by atoms with Crippen LogP contribution in [0, 0.1) is 0 Å². The largest absolute Gasteiger partial charge is 0.463 e. The first-order valence-electron chi connectivity index (χ1n) is 21.5. The molecule has 58 heavy (non-hydrogen) atoms. The van der Waals surface area contributed by atoms with Gasteiger partial charge in [0.15, 0.2) is 0 Å². The summed E-state index contributed by atoms with van der Waals surface area (Å²) in [4.78, 5) is 25.1. The molecule has 0 aliphatic carbocycles. The molecule has 0 radical (unpaired) electrons. The smallest absolute Gasteiger partial charge is 0.336 e. The molecule has 1 fully saturated rings. The number of hydrogen-bond donors (Lipinski definition) is 3. The lowest BCUT2D eigenvalue weighted by Crippen LogP contribution is -2.59. The van der Waals surface area contributed by atoms with Crippen molar-refractivity contribution in [3.8, 4) is 0 Å². The fourth-order valence-corrected chi connectivity index (χ4v) is 5.91. The average molecular weight is 805 g/mol. The summed E-state index contributed by atoms with van der Waals surface area (Å²) in [5.74, 6) is -1.20. The second-order valence-corrected chi connectivity index (χ2v) is 15.8. The SMILES string of the molecule is CCCCCCCCCCCCCC(=O)OC[C@H]1O[C@@H](OC(=O)/C(C)=C/C=C/C(C)=C/C=C/C(C)=C/C=C/C=C(C)/C=C/C=C(\C)CCC=C(C)C)[C@H](O)[C@@H](O)[C@@H]1O. The number of rotatable bonds is 27. The first kappa shape index (κ1) is 52.2. The summed E-state index contributed by atoms with van der Waals surface area (Å²) < 4.78 is 16.2. The average Bonchev–Trinajstić information content (AvgIpc) is 3.18. The van der Waals surface area contributed by atoms with Crippen molar-refractivity contribution in [2.45, 2.75) is 176 Å². The molecule has 0 aromatic carbocycles. The van der Waals surface area contributed by atoms with Gasteiger partial charge in [-0.25, -0.2) is 4.79 Å². The van der Waals surface area contributed by atoms with Gasteiger partial charge in [-0.2, -0.15) is 0 Å². The Hall–Kier alpha value is -3.82. The van der Waals surface area contributed by atoms with Crippen LogP contribution < -0.4 is 0 Å². The van der Waals surface area contributed by atoms with Crippen LogP contribution in [0.3, 0.4) is 0 Å². The fourth-order valence-electron chi connectivity index (χ4n) is 5.91. The molecule has 0 spiro atoms. The summed E-state index contributed by atoms with van der Waals surface area (Å²) >= 11 is 0. The van der Waals surface area contributed by atoms with Gasteiger partial charge >= 0.3 is 11.9 Å². The van der Waals surface area contributed by atoms with E-state index in [2.05, 4.69) is 65.0 Å². The number of aliphatic hydroxyl groups excluding tert-OH is 3. The number of allylic oxidation sites excluding steroid dienone is 19. The topological polar surface area (TPSA) is 123 Å². The van der Waals surface area contributed by atoms with E-state index in [9.17, 15) is 24.9 Å². The van der Waals surface area contributed by atoms with E-state index in [0.717, 1.165) is 43.3 Å². The van der Waals surface area contributed by atoms with Crippen LogP contribution in [-0.4, -0.2) is 64.6 Å². The number of carbonyl (C=O) groups is 2. The van der Waals surface area contributed by atoms with Crippen LogP contribution in [-0.2, 0) is 23.8 Å². The van der Waals surface area contributed by atoms with Crippen LogP contribution >= 0.6 is 0 Å². The van der Waals surface area contributed by atoms with Crippen molar-refractivity contribution < 1.29 is 39.1 Å². The molecule has 0 aromatic rings. The Morgan fingerprint density at radius 3 is 1.64 bits per heavy atom. The van der Waals surface area contributed by atoms with Crippen LogP contribution in [0.15, 0.2) is 119 Å². The second-order valence-electron chi connectivity index (χ2n) is 15.8. The molecule has 0 unspecified atom stereocenters. The summed E-state index contributed by atoms with van der Waals surface area (Å²) in [5.41, 5.74) is 6.16. The molecule has 8 heteroatoms. The zero-order valence-corrected chi connectivity index (χ0v) is 37.0. The van der Waals surface area contributed by atoms with Crippen LogP contribution in [0.5, 0.6) is 0 Å². The Balaban J connectivity index is 2.53. The van der Waals surface area contributed by atoms with E-state index in [1.807, 2.05) is 56.4 Å². The number of unbranched alkanes of at least 4 members (excludes halogenated alkanes) is 10. The zero-order chi connectivity index (χ0) is 43.1. The van der Waals surface area contributed by atoms with E-state index in [0.29, 0.717) is 6.42 Å². The Morgan fingerprint density at radius 1 is 0.586 bits per heavy atom. The minimum atomic E-state index is -1.68. The van der Waals surface area contributed by atoms with Crippen molar-refractivity contribution in [1.29, 1.82) is 0 Å². The van der Waals surface area contributed by atoms with Crippen molar-refractivity contribution in [2.24, 2.45) is 0 Å². The maximum absolute atomic E-state index is 12.8. The highest BCUT2D eigenvalue weighted by molar-refractivity contribution is 5.88. The fraction of sp³-hybridized carbons (Fsp3) is 0.560. The molecule has 0 amide bonds. The normalized spacial score (nSPS) is 21.5. The lowest BCUT2D eigenvalue weighted by molar-refractivity contribution is -0.292. The molecule has 5 atom stereocenters. The Morgan fingerprint density at radius 2 is 1.09 bits per heavy atom. The maximum atomic E-state index is 12.8. The highest BCUT2D eigenvalue weighted by atomic mass is 16.7. The van der Waals surface area contributed by atoms with E-state index < -0.39 is 42.6 Å². The number of carbonyl (C=O) groups excluding carboxylic acids is 2. The summed E-state index contributed by atoms with van der Waals surface area (Å²) in [6, 6.07) is 0. The molecule has 0 bridgehead atoms. The van der Waals surface area contributed by atoms with E-state index >= 15 is 0 Å². The second kappa shape index (κ2) is 32.1. The summed E-state index contributed by atoms with van der Waals surface area (Å²) in [7, 11) is 0. The molecule has 0 aromatic heterocycles. The van der Waals surface area contributed by atoms with E-state index in [4.69, 9.17) is 14.2 Å². The highest BCUT2D eigenvalue weighted by Crippen LogP contribution is 2.24. The molecule has 1 heterocycles. The molecular weight excluding hydrogens is 729 g/mol. The monoisotopic (exact) mass is 805 g/mol. The van der Waals surface area contributed by atoms with Gasteiger partial charge in [0.2, 0.25) is 6.29 Å². The first-order chi connectivity index (χ1) is 27.7. The van der Waals surface area contributed by atoms with Gasteiger partial charge in [-0.15, -0.1) is 0 Å². The minimum absolute atomic E-state index is 0.234. The molecule has 1 rings (SSSR count). The van der Waals surface area contributed by atoms with Gasteiger partial charge in [-0.1, -0.05) is 184 Å². The predicted molar refractivity (Wildman–Crippen MR) is 239 cm³/mol. The van der Waals surface area contributed by atoms with Gasteiger partial charge in [-0.3, -0.25) is 4.79 Å². The van der Waals surface area contributed by atoms with Crippen molar-refractivity contribution >= 4 is 11.9 Å². The third kappa shape index (κ3) is 25.5. The Kier molecular flexibility index (Phi) is 28.9. The van der Waals surface area contributed by atoms with Gasteiger partial charge in [0.25, 0.3) is 0 Å². The molecule has 8 nitrogen and oxygen atoms in total. The van der Waals surface area contributed by atoms with Gasteiger partial charge in [0.05, 0.1) is 0 Å². The van der Waals surface area contributed by atoms with E-state index in [1.165, 1.54) is 61.7 Å². The van der Waals surface area contributed by atoms with Gasteiger partial charge in [-0.05, 0) is 67.7 Å². The molecule has 0 saturated carbocycles. The summed E-state index contributed by atoms with van der Waals surface area (Å²) in [5, 5.41) is 31.3. The number of ether oxygens (including phenoxy) is 3. The van der Waals surface area contributed by atoms with Gasteiger partial charge in [0.1, 0.15) is 31.0 Å². The molecule has 3 N–H and O–H groups in total. The number of esters is 2. The standard InChI is InChI=1S/C50H76O8/c1-9-10-11-12-13-14-15-16-17-18-19-36-45(51)56-37-44-46(52)47(53)48(54)50(57-44)58-49(55)43(8)35-25-34-42(7)33-24-31-40(5)28-21-20-27-39(4)30-23-32-41(6)29-22-26-38(2)3/h20-21,23-28,30-35,44,46-48,50,52-54H,9-19,22,29,36-37H2,1-8H3/b21-20+,30-23+,31-24+,34-25+,39-27+,40-28+,41-32+,42-33+,43-35+/t44-,46-,47+,48-,50+/m1/s1.